The van der Waals surface area contributed by atoms with E-state index in [2.05, 4.69) is 0 Å². The molecule has 0 aliphatic carbocycles. The van der Waals surface area contributed by atoms with Gasteiger partial charge in [0.2, 0.25) is 0 Å². The zero-order valence-corrected chi connectivity index (χ0v) is 9.10. The molecule has 3 nitrogen and oxygen atoms in total. The van der Waals surface area contributed by atoms with Crippen molar-refractivity contribution in [2.45, 2.75) is 33.6 Å². The molecule has 0 saturated carbocycles. The van der Waals surface area contributed by atoms with Crippen molar-refractivity contribution < 1.29 is 13.6 Å². The van der Waals surface area contributed by atoms with E-state index < -0.39 is 7.60 Å². The zero-order chi connectivity index (χ0) is 9.45. The molecule has 0 aliphatic rings. The van der Waals surface area contributed by atoms with E-state index in [-0.39, 0.29) is 0 Å². The molecule has 12 heavy (non-hydrogen) atoms. The first-order chi connectivity index (χ1) is 5.68. The Morgan fingerprint density at radius 1 is 1.08 bits per heavy atom. The predicted molar refractivity (Wildman–Crippen MR) is 50.6 cm³/mol. The third kappa shape index (κ3) is 4.91. The lowest BCUT2D eigenvalue weighted by atomic mass is 10.5. The van der Waals surface area contributed by atoms with Crippen LogP contribution in [-0.4, -0.2) is 19.4 Å². The van der Waals surface area contributed by atoms with Gasteiger partial charge in [0.15, 0.2) is 0 Å². The lowest BCUT2D eigenvalue weighted by molar-refractivity contribution is 0.212. The molecule has 0 aromatic heterocycles. The second-order valence-electron chi connectivity index (χ2n) is 2.59. The highest BCUT2D eigenvalue weighted by atomic mass is 31.2. The Morgan fingerprint density at radius 2 is 1.75 bits per heavy atom. The molecule has 0 amide bonds. The van der Waals surface area contributed by atoms with Gasteiger partial charge in [-0.05, 0) is 19.8 Å². The third-order valence-corrected chi connectivity index (χ3v) is 3.54. The van der Waals surface area contributed by atoms with Crippen molar-refractivity contribution in [3.05, 3.63) is 0 Å². The normalized spacial score (nSPS) is 15.9. The zero-order valence-electron chi connectivity index (χ0n) is 8.21. The van der Waals surface area contributed by atoms with Gasteiger partial charge in [0.1, 0.15) is 0 Å². The minimum absolute atomic E-state index is 0.459. The Hall–Kier alpha value is 0.150. The van der Waals surface area contributed by atoms with Crippen LogP contribution in [0.2, 0.25) is 0 Å². The molecule has 0 bridgehead atoms. The lowest BCUT2D eigenvalue weighted by Gasteiger charge is -2.16. The first kappa shape index (κ1) is 12.2. The molecule has 0 heterocycles. The third-order valence-electron chi connectivity index (χ3n) is 1.32. The van der Waals surface area contributed by atoms with E-state index in [1.807, 2.05) is 20.8 Å². The van der Waals surface area contributed by atoms with Gasteiger partial charge in [-0.2, -0.15) is 0 Å². The van der Waals surface area contributed by atoms with Crippen LogP contribution in [0.4, 0.5) is 0 Å². The van der Waals surface area contributed by atoms with Crippen molar-refractivity contribution >= 4 is 7.60 Å². The van der Waals surface area contributed by atoms with E-state index in [1.165, 1.54) is 0 Å². The van der Waals surface area contributed by atoms with Gasteiger partial charge >= 0.3 is 7.60 Å². The highest BCUT2D eigenvalue weighted by molar-refractivity contribution is 7.53. The molecule has 0 saturated heterocycles. The molecule has 1 atom stereocenters. The molecule has 0 aromatic carbocycles. The molecule has 4 heteroatoms. The largest absolute Gasteiger partial charge is 0.330 e. The van der Waals surface area contributed by atoms with Gasteiger partial charge in [-0.25, -0.2) is 0 Å². The Kier molecular flexibility index (Phi) is 6.73. The molecule has 0 fully saturated rings. The fourth-order valence-corrected chi connectivity index (χ4v) is 2.60. The summed E-state index contributed by atoms with van der Waals surface area (Å²) in [5.41, 5.74) is 0. The van der Waals surface area contributed by atoms with E-state index in [1.54, 1.807) is 0 Å². The van der Waals surface area contributed by atoms with Crippen molar-refractivity contribution in [3.8, 4) is 0 Å². The Bertz CT molecular complexity index is 137. The van der Waals surface area contributed by atoms with Crippen LogP contribution in [-0.2, 0) is 13.6 Å². The van der Waals surface area contributed by atoms with E-state index >= 15 is 0 Å². The van der Waals surface area contributed by atoms with Crippen LogP contribution in [0.15, 0.2) is 0 Å². The molecule has 0 rings (SSSR count). The monoisotopic (exact) mass is 194 g/mol. The maximum Gasteiger partial charge on any atom is 0.330 e. The molecule has 0 aliphatic heterocycles. The van der Waals surface area contributed by atoms with Crippen molar-refractivity contribution in [3.63, 3.8) is 0 Å². The molecule has 1 unspecified atom stereocenters. The summed E-state index contributed by atoms with van der Waals surface area (Å²) in [4.78, 5) is 0. The molecule has 0 N–H and O–H groups in total. The first-order valence-electron chi connectivity index (χ1n) is 4.56. The summed E-state index contributed by atoms with van der Waals surface area (Å²) in [6.07, 6.45) is 2.24. The second-order valence-corrected chi connectivity index (χ2v) is 4.77. The Morgan fingerprint density at radius 3 is 2.17 bits per heavy atom. The van der Waals surface area contributed by atoms with Crippen molar-refractivity contribution in [1.29, 1.82) is 0 Å². The van der Waals surface area contributed by atoms with Gasteiger partial charge in [-0.3, -0.25) is 4.57 Å². The van der Waals surface area contributed by atoms with E-state index in [0.717, 1.165) is 12.8 Å². The molecule has 0 spiro atoms. The van der Waals surface area contributed by atoms with Crippen LogP contribution in [0.1, 0.15) is 33.6 Å². The van der Waals surface area contributed by atoms with Gasteiger partial charge in [0.05, 0.1) is 13.2 Å². The average Bonchev–Trinajstić information content (AvgIpc) is 2.02. The SMILES string of the molecule is CCCOP(=O)(CCC)OCC. The smallest absolute Gasteiger partial charge is 0.309 e. The summed E-state index contributed by atoms with van der Waals surface area (Å²) >= 11 is 0. The summed E-state index contributed by atoms with van der Waals surface area (Å²) in [6.45, 7) is 6.78. The maximum absolute atomic E-state index is 11.7. The first-order valence-corrected chi connectivity index (χ1v) is 6.29. The van der Waals surface area contributed by atoms with Crippen LogP contribution in [0, 0.1) is 0 Å². The van der Waals surface area contributed by atoms with Crippen LogP contribution in [0.25, 0.3) is 0 Å². The maximum atomic E-state index is 11.7. The Balaban J connectivity index is 3.90. The minimum Gasteiger partial charge on any atom is -0.309 e. The summed E-state index contributed by atoms with van der Waals surface area (Å²) in [5, 5.41) is 0. The summed E-state index contributed by atoms with van der Waals surface area (Å²) < 4.78 is 22.0. The van der Waals surface area contributed by atoms with Gasteiger partial charge in [-0.1, -0.05) is 13.8 Å². The number of rotatable bonds is 7. The second kappa shape index (κ2) is 6.64. The van der Waals surface area contributed by atoms with Gasteiger partial charge < -0.3 is 9.05 Å². The molecule has 0 aromatic rings. The van der Waals surface area contributed by atoms with Crippen LogP contribution in [0.5, 0.6) is 0 Å². The molecule has 74 valence electrons. The average molecular weight is 194 g/mol. The standard InChI is InChI=1S/C8H19O3P/c1-4-7-11-12(9,8-5-2)10-6-3/h4-8H2,1-3H3. The van der Waals surface area contributed by atoms with E-state index in [9.17, 15) is 4.57 Å². The van der Waals surface area contributed by atoms with Gasteiger partial charge in [0.25, 0.3) is 0 Å². The summed E-state index contributed by atoms with van der Waals surface area (Å²) in [7, 11) is -2.74. The highest BCUT2D eigenvalue weighted by Crippen LogP contribution is 2.48. The van der Waals surface area contributed by atoms with Crippen molar-refractivity contribution in [2.75, 3.05) is 19.4 Å². The van der Waals surface area contributed by atoms with Crippen LogP contribution in [0.3, 0.4) is 0 Å². The fourth-order valence-electron chi connectivity index (χ4n) is 0.867. The van der Waals surface area contributed by atoms with Gasteiger partial charge in [-0.15, -0.1) is 0 Å². The van der Waals surface area contributed by atoms with E-state index in [4.69, 9.17) is 9.05 Å². The quantitative estimate of drug-likeness (QED) is 0.584. The minimum atomic E-state index is -2.74. The summed E-state index contributed by atoms with van der Waals surface area (Å²) in [6, 6.07) is 0. The summed E-state index contributed by atoms with van der Waals surface area (Å²) in [5.74, 6) is 0. The van der Waals surface area contributed by atoms with Crippen molar-refractivity contribution in [1.82, 2.24) is 0 Å². The Labute approximate surface area is 75.0 Å². The lowest BCUT2D eigenvalue weighted by Crippen LogP contribution is -2.00. The molecular formula is C8H19O3P. The van der Waals surface area contributed by atoms with E-state index in [0.29, 0.717) is 19.4 Å². The van der Waals surface area contributed by atoms with Gasteiger partial charge in [0, 0.05) is 6.16 Å². The predicted octanol–water partition coefficient (Wildman–Crippen LogP) is 3.05. The highest BCUT2D eigenvalue weighted by Gasteiger charge is 2.21. The number of hydrogen-bond donors (Lipinski definition) is 0. The topological polar surface area (TPSA) is 35.5 Å². The fraction of sp³-hybridized carbons (Fsp3) is 1.00. The van der Waals surface area contributed by atoms with Crippen LogP contribution >= 0.6 is 7.60 Å². The number of hydrogen-bond acceptors (Lipinski definition) is 3. The van der Waals surface area contributed by atoms with Crippen molar-refractivity contribution in [2.24, 2.45) is 0 Å². The van der Waals surface area contributed by atoms with Crippen LogP contribution < -0.4 is 0 Å². The molecule has 0 radical (unpaired) electrons. The molecular weight excluding hydrogens is 175 g/mol.